The van der Waals surface area contributed by atoms with E-state index in [0.29, 0.717) is 5.56 Å². The monoisotopic (exact) mass is 340 g/mol. The molecule has 1 atom stereocenters. The van der Waals surface area contributed by atoms with Crippen molar-refractivity contribution in [3.63, 3.8) is 0 Å². The molecule has 0 aliphatic heterocycles. The van der Waals surface area contributed by atoms with Gasteiger partial charge in [0.25, 0.3) is 0 Å². The second-order valence-electron chi connectivity index (χ2n) is 4.71. The quantitative estimate of drug-likeness (QED) is 0.649. The molecular formula is C14H18BrFN4. The van der Waals surface area contributed by atoms with Crippen molar-refractivity contribution >= 4 is 15.9 Å². The van der Waals surface area contributed by atoms with Gasteiger partial charge in [0.05, 0.1) is 22.4 Å². The Morgan fingerprint density at radius 2 is 2.25 bits per heavy atom. The zero-order valence-electron chi connectivity index (χ0n) is 11.5. The average Bonchev–Trinajstić information content (AvgIpc) is 2.77. The number of aryl methyl sites for hydroxylation is 2. The summed E-state index contributed by atoms with van der Waals surface area (Å²) in [5.41, 5.74) is 5.04. The summed E-state index contributed by atoms with van der Waals surface area (Å²) in [5.74, 6) is 5.45. The predicted octanol–water partition coefficient (Wildman–Crippen LogP) is 3.06. The van der Waals surface area contributed by atoms with Crippen molar-refractivity contribution in [1.29, 1.82) is 0 Å². The van der Waals surface area contributed by atoms with Gasteiger partial charge in [-0.25, -0.2) is 9.82 Å². The fourth-order valence-electron chi connectivity index (χ4n) is 2.17. The van der Waals surface area contributed by atoms with Crippen LogP contribution in [-0.4, -0.2) is 9.78 Å². The molecule has 20 heavy (non-hydrogen) atoms. The van der Waals surface area contributed by atoms with Crippen LogP contribution in [0.25, 0.3) is 0 Å². The first kappa shape index (κ1) is 15.2. The number of nitrogens with two attached hydrogens (primary N) is 1. The Balaban J connectivity index is 2.46. The lowest BCUT2D eigenvalue weighted by Gasteiger charge is -2.19. The number of hydrazine groups is 1. The molecule has 0 saturated heterocycles. The van der Waals surface area contributed by atoms with Crippen molar-refractivity contribution in [3.8, 4) is 0 Å². The fourth-order valence-corrected chi connectivity index (χ4v) is 2.70. The summed E-state index contributed by atoms with van der Waals surface area (Å²) >= 11 is 3.49. The molecule has 0 aliphatic carbocycles. The number of benzene rings is 1. The van der Waals surface area contributed by atoms with Gasteiger partial charge >= 0.3 is 0 Å². The zero-order valence-corrected chi connectivity index (χ0v) is 13.1. The maximum absolute atomic E-state index is 13.8. The Morgan fingerprint density at radius 3 is 2.85 bits per heavy atom. The third-order valence-electron chi connectivity index (χ3n) is 3.24. The van der Waals surface area contributed by atoms with E-state index in [-0.39, 0.29) is 11.9 Å². The molecule has 6 heteroatoms. The van der Waals surface area contributed by atoms with Crippen LogP contribution in [0.1, 0.15) is 36.2 Å². The molecule has 4 nitrogen and oxygen atoms in total. The summed E-state index contributed by atoms with van der Waals surface area (Å²) in [6, 6.07) is 4.83. The molecule has 108 valence electrons. The number of hydrogen-bond acceptors (Lipinski definition) is 3. The third-order valence-corrected chi connectivity index (χ3v) is 3.85. The summed E-state index contributed by atoms with van der Waals surface area (Å²) in [6.45, 7) is 4.60. The Bertz CT molecular complexity index is 597. The van der Waals surface area contributed by atoms with Gasteiger partial charge in [-0.1, -0.05) is 19.1 Å². The predicted molar refractivity (Wildman–Crippen MR) is 80.5 cm³/mol. The molecule has 0 radical (unpaired) electrons. The molecule has 1 aromatic heterocycles. The lowest BCUT2D eigenvalue weighted by atomic mass is 10.0. The Labute approximate surface area is 126 Å². The van der Waals surface area contributed by atoms with Crippen molar-refractivity contribution in [2.45, 2.75) is 32.9 Å². The van der Waals surface area contributed by atoms with E-state index in [0.717, 1.165) is 28.7 Å². The third kappa shape index (κ3) is 2.92. The van der Waals surface area contributed by atoms with Crippen molar-refractivity contribution in [3.05, 3.63) is 51.5 Å². The highest BCUT2D eigenvalue weighted by Gasteiger charge is 2.21. The number of nitrogens with one attached hydrogen (secondary N) is 1. The first-order valence-electron chi connectivity index (χ1n) is 6.51. The van der Waals surface area contributed by atoms with E-state index in [2.05, 4.69) is 33.4 Å². The molecule has 1 aromatic carbocycles. The Kier molecular flexibility index (Phi) is 4.91. The van der Waals surface area contributed by atoms with E-state index in [1.165, 1.54) is 6.07 Å². The zero-order chi connectivity index (χ0) is 14.7. The average molecular weight is 341 g/mol. The van der Waals surface area contributed by atoms with E-state index in [4.69, 9.17) is 5.84 Å². The largest absolute Gasteiger partial charge is 0.271 e. The first-order chi connectivity index (χ1) is 9.58. The minimum atomic E-state index is -0.312. The van der Waals surface area contributed by atoms with Crippen molar-refractivity contribution in [2.24, 2.45) is 5.84 Å². The minimum absolute atomic E-state index is 0.236. The van der Waals surface area contributed by atoms with Gasteiger partial charge in [-0.3, -0.25) is 10.5 Å². The minimum Gasteiger partial charge on any atom is -0.271 e. The summed E-state index contributed by atoms with van der Waals surface area (Å²) in [7, 11) is 0. The number of aromatic nitrogens is 2. The van der Waals surface area contributed by atoms with Crippen molar-refractivity contribution < 1.29 is 4.39 Å². The van der Waals surface area contributed by atoms with Gasteiger partial charge in [0.15, 0.2) is 0 Å². The topological polar surface area (TPSA) is 55.9 Å². The molecule has 0 amide bonds. The Morgan fingerprint density at radius 1 is 1.50 bits per heavy atom. The van der Waals surface area contributed by atoms with Crippen LogP contribution in [0.2, 0.25) is 0 Å². The van der Waals surface area contributed by atoms with Gasteiger partial charge in [-0.05, 0) is 46.5 Å². The second kappa shape index (κ2) is 6.47. The molecule has 2 rings (SSSR count). The highest BCUT2D eigenvalue weighted by Crippen LogP contribution is 2.29. The number of nitrogens with zero attached hydrogens (tertiary/aromatic N) is 2. The van der Waals surface area contributed by atoms with Crippen LogP contribution in [0.5, 0.6) is 0 Å². The van der Waals surface area contributed by atoms with Gasteiger partial charge in [-0.15, -0.1) is 0 Å². The van der Waals surface area contributed by atoms with E-state index in [1.54, 1.807) is 19.2 Å². The number of hydrogen-bond donors (Lipinski definition) is 2. The molecule has 0 bridgehead atoms. The van der Waals surface area contributed by atoms with Crippen LogP contribution in [-0.2, 0) is 6.54 Å². The van der Waals surface area contributed by atoms with Crippen molar-refractivity contribution in [1.82, 2.24) is 15.2 Å². The maximum atomic E-state index is 13.8. The molecular weight excluding hydrogens is 323 g/mol. The standard InChI is InChI=1S/C14H18BrFN4/c1-3-6-20-14(11(15)8-18-20)13(19-17)10-5-4-9(2)12(16)7-10/h4-5,7-8,13,19H,3,6,17H2,1-2H3. The summed E-state index contributed by atoms with van der Waals surface area (Å²) in [5, 5.41) is 4.32. The van der Waals surface area contributed by atoms with Crippen LogP contribution in [0.3, 0.4) is 0 Å². The molecule has 0 fully saturated rings. The maximum Gasteiger partial charge on any atom is 0.126 e. The first-order valence-corrected chi connectivity index (χ1v) is 7.31. The van der Waals surface area contributed by atoms with Crippen LogP contribution in [0.15, 0.2) is 28.9 Å². The van der Waals surface area contributed by atoms with E-state index in [1.807, 2.05) is 10.7 Å². The SMILES string of the molecule is CCCn1ncc(Br)c1C(NN)c1ccc(C)c(F)c1. The molecule has 0 saturated carbocycles. The second-order valence-corrected chi connectivity index (χ2v) is 5.56. The molecule has 2 aromatic rings. The Hall–Kier alpha value is -1.24. The van der Waals surface area contributed by atoms with Gasteiger partial charge in [0, 0.05) is 6.54 Å². The molecule has 0 spiro atoms. The van der Waals surface area contributed by atoms with Crippen LogP contribution >= 0.6 is 15.9 Å². The van der Waals surface area contributed by atoms with Crippen LogP contribution < -0.4 is 11.3 Å². The van der Waals surface area contributed by atoms with Crippen LogP contribution in [0.4, 0.5) is 4.39 Å². The smallest absolute Gasteiger partial charge is 0.126 e. The number of halogens is 2. The summed E-state index contributed by atoms with van der Waals surface area (Å²) in [4.78, 5) is 0. The molecule has 1 heterocycles. The highest BCUT2D eigenvalue weighted by atomic mass is 79.9. The van der Waals surface area contributed by atoms with Gasteiger partial charge in [-0.2, -0.15) is 5.10 Å². The molecule has 3 N–H and O–H groups in total. The van der Waals surface area contributed by atoms with Gasteiger partial charge < -0.3 is 0 Å². The van der Waals surface area contributed by atoms with Crippen LogP contribution in [0, 0.1) is 12.7 Å². The van der Waals surface area contributed by atoms with E-state index < -0.39 is 0 Å². The summed E-state index contributed by atoms with van der Waals surface area (Å²) in [6.07, 6.45) is 2.69. The van der Waals surface area contributed by atoms with Gasteiger partial charge in [0.2, 0.25) is 0 Å². The highest BCUT2D eigenvalue weighted by molar-refractivity contribution is 9.10. The summed E-state index contributed by atoms with van der Waals surface area (Å²) < 4.78 is 16.5. The number of rotatable bonds is 5. The molecule has 1 unspecified atom stereocenters. The van der Waals surface area contributed by atoms with Crippen molar-refractivity contribution in [2.75, 3.05) is 0 Å². The van der Waals surface area contributed by atoms with Gasteiger partial charge in [0.1, 0.15) is 5.82 Å². The lowest BCUT2D eigenvalue weighted by Crippen LogP contribution is -2.31. The van der Waals surface area contributed by atoms with E-state index in [9.17, 15) is 4.39 Å². The normalized spacial score (nSPS) is 12.7. The lowest BCUT2D eigenvalue weighted by molar-refractivity contribution is 0.517. The fraction of sp³-hybridized carbons (Fsp3) is 0.357. The van der Waals surface area contributed by atoms with E-state index >= 15 is 0 Å². The molecule has 0 aliphatic rings.